The van der Waals surface area contributed by atoms with Crippen LogP contribution < -0.4 is 10.7 Å². The van der Waals surface area contributed by atoms with E-state index in [0.717, 1.165) is 5.56 Å². The van der Waals surface area contributed by atoms with Gasteiger partial charge in [0, 0.05) is 12.1 Å². The minimum Gasteiger partial charge on any atom is -0.504 e. The first kappa shape index (κ1) is 14.8. The Bertz CT molecular complexity index is 645. The van der Waals surface area contributed by atoms with Crippen molar-refractivity contribution in [1.29, 1.82) is 0 Å². The molecule has 5 nitrogen and oxygen atoms in total. The molecule has 0 spiro atoms. The van der Waals surface area contributed by atoms with Crippen molar-refractivity contribution in [2.24, 2.45) is 5.10 Å². The summed E-state index contributed by atoms with van der Waals surface area (Å²) in [5.41, 5.74) is 4.15. The van der Waals surface area contributed by atoms with Gasteiger partial charge in [0.1, 0.15) is 0 Å². The molecule has 0 aromatic heterocycles. The lowest BCUT2D eigenvalue weighted by molar-refractivity contribution is 0.403. The summed E-state index contributed by atoms with van der Waals surface area (Å²) in [5.74, 6) is -0.407. The van der Waals surface area contributed by atoms with Crippen LogP contribution in [0.3, 0.4) is 0 Å². The van der Waals surface area contributed by atoms with E-state index in [0.29, 0.717) is 17.2 Å². The molecular formula is C15H15N3O2S. The molecular weight excluding hydrogens is 286 g/mol. The maximum Gasteiger partial charge on any atom is 0.187 e. The van der Waals surface area contributed by atoms with Crippen molar-refractivity contribution in [2.75, 3.05) is 0 Å². The Balaban J connectivity index is 1.83. The zero-order valence-corrected chi connectivity index (χ0v) is 12.0. The summed E-state index contributed by atoms with van der Waals surface area (Å²) < 4.78 is 0. The third-order valence-electron chi connectivity index (χ3n) is 2.71. The molecule has 21 heavy (non-hydrogen) atoms. The average molecular weight is 301 g/mol. The molecule has 0 radical (unpaired) electrons. The molecule has 0 saturated carbocycles. The molecule has 0 saturated heterocycles. The molecule has 0 aliphatic heterocycles. The van der Waals surface area contributed by atoms with E-state index in [-0.39, 0.29) is 11.5 Å². The van der Waals surface area contributed by atoms with Gasteiger partial charge in [0.25, 0.3) is 0 Å². The van der Waals surface area contributed by atoms with Crippen molar-refractivity contribution < 1.29 is 10.2 Å². The van der Waals surface area contributed by atoms with E-state index >= 15 is 0 Å². The van der Waals surface area contributed by atoms with Gasteiger partial charge in [0.2, 0.25) is 0 Å². The van der Waals surface area contributed by atoms with Gasteiger partial charge in [-0.2, -0.15) is 5.10 Å². The number of hydrogen-bond donors (Lipinski definition) is 4. The first-order valence-corrected chi connectivity index (χ1v) is 6.69. The quantitative estimate of drug-likeness (QED) is 0.301. The third-order valence-corrected chi connectivity index (χ3v) is 2.95. The SMILES string of the molecule is Oc1cccc(/C=N/NC(=S)NCc2ccccc2)c1O. The molecule has 4 N–H and O–H groups in total. The zero-order valence-electron chi connectivity index (χ0n) is 11.2. The highest BCUT2D eigenvalue weighted by Gasteiger charge is 2.02. The van der Waals surface area contributed by atoms with Crippen molar-refractivity contribution in [3.05, 3.63) is 59.7 Å². The molecule has 0 aliphatic carbocycles. The van der Waals surface area contributed by atoms with Crippen LogP contribution in [-0.4, -0.2) is 21.5 Å². The lowest BCUT2D eigenvalue weighted by Crippen LogP contribution is -2.31. The monoisotopic (exact) mass is 301 g/mol. The normalized spacial score (nSPS) is 10.5. The lowest BCUT2D eigenvalue weighted by atomic mass is 10.2. The predicted molar refractivity (Wildman–Crippen MR) is 86.4 cm³/mol. The van der Waals surface area contributed by atoms with Crippen LogP contribution in [0.1, 0.15) is 11.1 Å². The highest BCUT2D eigenvalue weighted by molar-refractivity contribution is 7.80. The lowest BCUT2D eigenvalue weighted by Gasteiger charge is -2.07. The second kappa shape index (κ2) is 7.25. The second-order valence-corrected chi connectivity index (χ2v) is 4.66. The number of hydrazone groups is 1. The Morgan fingerprint density at radius 2 is 1.86 bits per heavy atom. The molecule has 2 aromatic carbocycles. The second-order valence-electron chi connectivity index (χ2n) is 4.25. The van der Waals surface area contributed by atoms with Crippen LogP contribution in [0.25, 0.3) is 0 Å². The standard InChI is InChI=1S/C15H15N3O2S/c19-13-8-4-7-12(14(13)20)10-17-18-15(21)16-9-11-5-2-1-3-6-11/h1-8,10,19-20H,9H2,(H2,16,18,21)/b17-10+. The molecule has 2 rings (SSSR count). The zero-order chi connectivity index (χ0) is 15.1. The van der Waals surface area contributed by atoms with Crippen LogP contribution in [0.2, 0.25) is 0 Å². The van der Waals surface area contributed by atoms with Gasteiger partial charge in [-0.1, -0.05) is 36.4 Å². The number of benzene rings is 2. The molecule has 0 bridgehead atoms. The van der Waals surface area contributed by atoms with Crippen LogP contribution in [-0.2, 0) is 6.54 Å². The highest BCUT2D eigenvalue weighted by atomic mass is 32.1. The average Bonchev–Trinajstić information content (AvgIpc) is 2.50. The van der Waals surface area contributed by atoms with E-state index < -0.39 is 0 Å². The fourth-order valence-electron chi connectivity index (χ4n) is 1.63. The van der Waals surface area contributed by atoms with Crippen molar-refractivity contribution >= 4 is 23.5 Å². The first-order valence-electron chi connectivity index (χ1n) is 6.28. The van der Waals surface area contributed by atoms with E-state index in [1.165, 1.54) is 12.3 Å². The van der Waals surface area contributed by atoms with Gasteiger partial charge in [-0.05, 0) is 29.9 Å². The van der Waals surface area contributed by atoms with Crippen molar-refractivity contribution in [2.45, 2.75) is 6.54 Å². The Morgan fingerprint density at radius 1 is 1.10 bits per heavy atom. The Morgan fingerprint density at radius 3 is 2.62 bits per heavy atom. The molecule has 6 heteroatoms. The van der Waals surface area contributed by atoms with Crippen LogP contribution in [0.4, 0.5) is 0 Å². The van der Waals surface area contributed by atoms with Gasteiger partial charge in [0.15, 0.2) is 16.6 Å². The highest BCUT2D eigenvalue weighted by Crippen LogP contribution is 2.26. The van der Waals surface area contributed by atoms with E-state index in [1.54, 1.807) is 12.1 Å². The topological polar surface area (TPSA) is 76.9 Å². The van der Waals surface area contributed by atoms with E-state index in [4.69, 9.17) is 12.2 Å². The summed E-state index contributed by atoms with van der Waals surface area (Å²) in [5, 5.41) is 26.2. The number of aromatic hydroxyl groups is 2. The third kappa shape index (κ3) is 4.47. The summed E-state index contributed by atoms with van der Waals surface area (Å²) in [6, 6.07) is 14.5. The Labute approximate surface area is 127 Å². The number of phenolic OH excluding ortho intramolecular Hbond substituents is 2. The number of para-hydroxylation sites is 1. The van der Waals surface area contributed by atoms with Gasteiger partial charge in [-0.25, -0.2) is 0 Å². The molecule has 108 valence electrons. The number of nitrogens with one attached hydrogen (secondary N) is 2. The van der Waals surface area contributed by atoms with E-state index in [1.807, 2.05) is 30.3 Å². The maximum atomic E-state index is 9.60. The molecule has 0 unspecified atom stereocenters. The summed E-state index contributed by atoms with van der Waals surface area (Å²) in [6.07, 6.45) is 1.38. The van der Waals surface area contributed by atoms with Gasteiger partial charge in [0.05, 0.1) is 6.21 Å². The molecule has 0 atom stereocenters. The largest absolute Gasteiger partial charge is 0.504 e. The molecule has 0 heterocycles. The Hall–Kier alpha value is -2.60. The van der Waals surface area contributed by atoms with Crippen LogP contribution in [0, 0.1) is 0 Å². The Kier molecular flexibility index (Phi) is 5.11. The number of rotatable bonds is 4. The predicted octanol–water partition coefficient (Wildman–Crippen LogP) is 2.10. The summed E-state index contributed by atoms with van der Waals surface area (Å²) in [7, 11) is 0. The number of hydrogen-bond acceptors (Lipinski definition) is 4. The summed E-state index contributed by atoms with van der Waals surface area (Å²) in [6.45, 7) is 0.597. The van der Waals surface area contributed by atoms with E-state index in [2.05, 4.69) is 15.8 Å². The summed E-state index contributed by atoms with van der Waals surface area (Å²) >= 11 is 5.08. The van der Waals surface area contributed by atoms with E-state index in [9.17, 15) is 10.2 Å². The smallest absolute Gasteiger partial charge is 0.187 e. The minimum absolute atomic E-state index is 0.191. The van der Waals surface area contributed by atoms with Crippen molar-refractivity contribution in [3.63, 3.8) is 0 Å². The van der Waals surface area contributed by atoms with Gasteiger partial charge >= 0.3 is 0 Å². The van der Waals surface area contributed by atoms with Crippen LogP contribution in [0.15, 0.2) is 53.6 Å². The molecule has 0 amide bonds. The minimum atomic E-state index is -0.216. The molecule has 0 fully saturated rings. The van der Waals surface area contributed by atoms with Crippen LogP contribution in [0.5, 0.6) is 11.5 Å². The number of phenols is 2. The van der Waals surface area contributed by atoms with Gasteiger partial charge < -0.3 is 15.5 Å². The fraction of sp³-hybridized carbons (Fsp3) is 0.0667. The first-order chi connectivity index (χ1) is 10.2. The number of nitrogens with zero attached hydrogens (tertiary/aromatic N) is 1. The maximum absolute atomic E-state index is 9.60. The fourth-order valence-corrected chi connectivity index (χ4v) is 1.76. The van der Waals surface area contributed by atoms with Crippen molar-refractivity contribution in [3.8, 4) is 11.5 Å². The van der Waals surface area contributed by atoms with Crippen LogP contribution >= 0.6 is 12.2 Å². The number of thiocarbonyl (C=S) groups is 1. The van der Waals surface area contributed by atoms with Gasteiger partial charge in [-0.3, -0.25) is 5.43 Å². The van der Waals surface area contributed by atoms with Crippen molar-refractivity contribution in [1.82, 2.24) is 10.7 Å². The van der Waals surface area contributed by atoms with Gasteiger partial charge in [-0.15, -0.1) is 0 Å². The summed E-state index contributed by atoms with van der Waals surface area (Å²) in [4.78, 5) is 0. The molecule has 0 aliphatic rings. The molecule has 2 aromatic rings.